The molecule has 1 aliphatic carbocycles. The summed E-state index contributed by atoms with van der Waals surface area (Å²) >= 11 is 0. The quantitative estimate of drug-likeness (QED) is 0.786. The van der Waals surface area contributed by atoms with Gasteiger partial charge < -0.3 is 5.32 Å². The maximum atomic E-state index is 13.4. The standard InChI is InChI=1S/C13H14F5N/c14-10-5-2-6-11(12(10)15)19-9-4-1-3-8(7-9)13(16,17)18/h2,5-6,8-9,19H,1,3-4,7H2. The number of hydrogen-bond acceptors (Lipinski definition) is 1. The van der Waals surface area contributed by atoms with Crippen molar-refractivity contribution in [3.8, 4) is 0 Å². The molecule has 0 saturated heterocycles. The summed E-state index contributed by atoms with van der Waals surface area (Å²) in [5.74, 6) is -3.42. The number of halogens is 5. The van der Waals surface area contributed by atoms with Gasteiger partial charge in [-0.2, -0.15) is 13.2 Å². The SMILES string of the molecule is Fc1cccc(NC2CCCC(C(F)(F)F)C2)c1F. The molecule has 1 N–H and O–H groups in total. The van der Waals surface area contributed by atoms with E-state index in [0.717, 1.165) is 6.07 Å². The smallest absolute Gasteiger partial charge is 0.380 e. The van der Waals surface area contributed by atoms with Crippen molar-refractivity contribution >= 4 is 5.69 Å². The van der Waals surface area contributed by atoms with E-state index in [0.29, 0.717) is 12.8 Å². The van der Waals surface area contributed by atoms with Gasteiger partial charge in [-0.3, -0.25) is 0 Å². The highest BCUT2D eigenvalue weighted by molar-refractivity contribution is 5.45. The van der Waals surface area contributed by atoms with Gasteiger partial charge in [0.05, 0.1) is 11.6 Å². The van der Waals surface area contributed by atoms with Gasteiger partial charge in [0.1, 0.15) is 0 Å². The van der Waals surface area contributed by atoms with Crippen molar-refractivity contribution in [2.24, 2.45) is 5.92 Å². The van der Waals surface area contributed by atoms with Gasteiger partial charge in [0, 0.05) is 6.04 Å². The number of alkyl halides is 3. The Hall–Kier alpha value is -1.33. The van der Waals surface area contributed by atoms with Gasteiger partial charge in [-0.15, -0.1) is 0 Å². The number of rotatable bonds is 2. The van der Waals surface area contributed by atoms with Crippen LogP contribution in [0.15, 0.2) is 18.2 Å². The highest BCUT2D eigenvalue weighted by atomic mass is 19.4. The zero-order valence-corrected chi connectivity index (χ0v) is 10.1. The molecule has 19 heavy (non-hydrogen) atoms. The van der Waals surface area contributed by atoms with Crippen molar-refractivity contribution in [2.45, 2.75) is 37.9 Å². The molecule has 1 aromatic carbocycles. The highest BCUT2D eigenvalue weighted by Gasteiger charge is 2.42. The van der Waals surface area contributed by atoms with Crippen LogP contribution in [-0.4, -0.2) is 12.2 Å². The summed E-state index contributed by atoms with van der Waals surface area (Å²) in [6.07, 6.45) is -3.26. The van der Waals surface area contributed by atoms with Crippen LogP contribution in [0.1, 0.15) is 25.7 Å². The Balaban J connectivity index is 2.05. The Labute approximate surface area is 107 Å². The van der Waals surface area contributed by atoms with Crippen LogP contribution in [-0.2, 0) is 0 Å². The molecule has 2 unspecified atom stereocenters. The van der Waals surface area contributed by atoms with Gasteiger partial charge in [-0.1, -0.05) is 12.5 Å². The topological polar surface area (TPSA) is 12.0 Å². The van der Waals surface area contributed by atoms with Crippen molar-refractivity contribution < 1.29 is 22.0 Å². The monoisotopic (exact) mass is 279 g/mol. The van der Waals surface area contributed by atoms with Crippen molar-refractivity contribution in [1.82, 2.24) is 0 Å². The second kappa shape index (κ2) is 5.35. The predicted molar refractivity (Wildman–Crippen MR) is 61.8 cm³/mol. The average molecular weight is 279 g/mol. The number of nitrogens with one attached hydrogen (secondary N) is 1. The number of hydrogen-bond donors (Lipinski definition) is 1. The van der Waals surface area contributed by atoms with Crippen molar-refractivity contribution in [1.29, 1.82) is 0 Å². The van der Waals surface area contributed by atoms with Gasteiger partial charge in [0.2, 0.25) is 0 Å². The lowest BCUT2D eigenvalue weighted by Crippen LogP contribution is -2.34. The van der Waals surface area contributed by atoms with E-state index in [4.69, 9.17) is 0 Å². The number of benzene rings is 1. The summed E-state index contributed by atoms with van der Waals surface area (Å²) in [7, 11) is 0. The fourth-order valence-corrected chi connectivity index (χ4v) is 2.45. The first-order valence-corrected chi connectivity index (χ1v) is 6.15. The van der Waals surface area contributed by atoms with Gasteiger partial charge in [-0.25, -0.2) is 8.78 Å². The van der Waals surface area contributed by atoms with Gasteiger partial charge in [0.15, 0.2) is 11.6 Å². The minimum atomic E-state index is -4.22. The summed E-state index contributed by atoms with van der Waals surface area (Å²) in [5.41, 5.74) is -0.0761. The zero-order valence-electron chi connectivity index (χ0n) is 10.1. The van der Waals surface area contributed by atoms with Crippen LogP contribution in [0.3, 0.4) is 0 Å². The summed E-state index contributed by atoms with van der Waals surface area (Å²) < 4.78 is 64.3. The molecular formula is C13H14F5N. The maximum absolute atomic E-state index is 13.4. The van der Waals surface area contributed by atoms with Crippen molar-refractivity contribution in [2.75, 3.05) is 5.32 Å². The van der Waals surface area contributed by atoms with Crippen molar-refractivity contribution in [3.05, 3.63) is 29.8 Å². The third kappa shape index (κ3) is 3.36. The van der Waals surface area contributed by atoms with Crippen LogP contribution in [0.4, 0.5) is 27.6 Å². The molecule has 2 rings (SSSR count). The Morgan fingerprint density at radius 1 is 1.11 bits per heavy atom. The first-order chi connectivity index (χ1) is 8.88. The van der Waals surface area contributed by atoms with E-state index in [1.807, 2.05) is 0 Å². The largest absolute Gasteiger partial charge is 0.391 e. The van der Waals surface area contributed by atoms with Gasteiger partial charge in [0.25, 0.3) is 0 Å². The lowest BCUT2D eigenvalue weighted by atomic mass is 9.85. The molecule has 6 heteroatoms. The van der Waals surface area contributed by atoms with Crippen LogP contribution < -0.4 is 5.32 Å². The summed E-state index contributed by atoms with van der Waals surface area (Å²) in [6, 6.07) is 3.15. The third-order valence-electron chi connectivity index (χ3n) is 3.45. The Bertz CT molecular complexity index is 443. The van der Waals surface area contributed by atoms with E-state index in [1.54, 1.807) is 0 Å². The van der Waals surface area contributed by atoms with Crippen LogP contribution in [0.25, 0.3) is 0 Å². The average Bonchev–Trinajstić information content (AvgIpc) is 2.34. The fraction of sp³-hybridized carbons (Fsp3) is 0.538. The van der Waals surface area contributed by atoms with E-state index in [-0.39, 0.29) is 18.5 Å². The molecule has 1 aliphatic rings. The molecule has 1 fully saturated rings. The molecule has 1 aromatic rings. The molecule has 106 valence electrons. The Kier molecular flexibility index (Phi) is 3.96. The molecule has 0 aromatic heterocycles. The minimum absolute atomic E-state index is 0.0761. The molecule has 0 amide bonds. The van der Waals surface area contributed by atoms with E-state index < -0.39 is 29.8 Å². The summed E-state index contributed by atoms with van der Waals surface area (Å²) in [6.45, 7) is 0. The van der Waals surface area contributed by atoms with Gasteiger partial charge >= 0.3 is 6.18 Å². The van der Waals surface area contributed by atoms with Crippen LogP contribution in [0.5, 0.6) is 0 Å². The van der Waals surface area contributed by atoms with Crippen LogP contribution in [0.2, 0.25) is 0 Å². The molecule has 1 saturated carbocycles. The molecule has 2 atom stereocenters. The van der Waals surface area contributed by atoms with E-state index >= 15 is 0 Å². The molecule has 0 radical (unpaired) electrons. The molecule has 0 aliphatic heterocycles. The number of anilines is 1. The normalized spacial score (nSPS) is 24.3. The third-order valence-corrected chi connectivity index (χ3v) is 3.45. The predicted octanol–water partition coefficient (Wildman–Crippen LogP) is 4.50. The Morgan fingerprint density at radius 3 is 2.53 bits per heavy atom. The summed E-state index contributed by atoms with van der Waals surface area (Å²) in [5, 5.41) is 2.68. The second-order valence-electron chi connectivity index (χ2n) is 4.85. The first kappa shape index (κ1) is 14.1. The maximum Gasteiger partial charge on any atom is 0.391 e. The Morgan fingerprint density at radius 2 is 1.84 bits per heavy atom. The molecule has 1 nitrogen and oxygen atoms in total. The van der Waals surface area contributed by atoms with Crippen LogP contribution >= 0.6 is 0 Å². The fourth-order valence-electron chi connectivity index (χ4n) is 2.45. The zero-order chi connectivity index (χ0) is 14.0. The first-order valence-electron chi connectivity index (χ1n) is 6.15. The molecular weight excluding hydrogens is 265 g/mol. The van der Waals surface area contributed by atoms with E-state index in [9.17, 15) is 22.0 Å². The lowest BCUT2D eigenvalue weighted by Gasteiger charge is -2.31. The van der Waals surface area contributed by atoms with Gasteiger partial charge in [-0.05, 0) is 31.4 Å². The highest BCUT2D eigenvalue weighted by Crippen LogP contribution is 2.38. The van der Waals surface area contributed by atoms with Crippen molar-refractivity contribution in [3.63, 3.8) is 0 Å². The molecule has 0 bridgehead atoms. The summed E-state index contributed by atoms with van der Waals surface area (Å²) in [4.78, 5) is 0. The van der Waals surface area contributed by atoms with E-state index in [1.165, 1.54) is 12.1 Å². The van der Waals surface area contributed by atoms with E-state index in [2.05, 4.69) is 5.32 Å². The molecule has 0 spiro atoms. The molecule has 0 heterocycles. The second-order valence-corrected chi connectivity index (χ2v) is 4.85. The van der Waals surface area contributed by atoms with Crippen LogP contribution in [0, 0.1) is 17.6 Å². The minimum Gasteiger partial charge on any atom is -0.380 e. The lowest BCUT2D eigenvalue weighted by molar-refractivity contribution is -0.182.